The van der Waals surface area contributed by atoms with E-state index in [-0.39, 0.29) is 12.8 Å². The molecule has 0 aromatic heterocycles. The van der Waals surface area contributed by atoms with Gasteiger partial charge in [0.05, 0.1) is 0 Å². The fourth-order valence-electron chi connectivity index (χ4n) is 2.92. The Hall–Kier alpha value is -2.35. The number of unbranched alkanes of at least 4 members (excludes halogenated alkanes) is 9. The maximum Gasteiger partial charge on any atom is 0.409 e. The molecule has 0 aromatic carbocycles. The van der Waals surface area contributed by atoms with E-state index in [9.17, 15) is 14.4 Å². The Morgan fingerprint density at radius 2 is 1.48 bits per heavy atom. The first-order valence-electron chi connectivity index (χ1n) is 11.0. The molecule has 160 valence electrons. The summed E-state index contributed by atoms with van der Waals surface area (Å²) in [4.78, 5) is 38.8. The zero-order valence-electron chi connectivity index (χ0n) is 17.8. The van der Waals surface area contributed by atoms with Gasteiger partial charge >= 0.3 is 5.97 Å². The van der Waals surface area contributed by atoms with Gasteiger partial charge in [0.25, 0.3) is 11.8 Å². The first kappa shape index (κ1) is 24.7. The van der Waals surface area contributed by atoms with Crippen molar-refractivity contribution in [3.63, 3.8) is 0 Å². The Bertz CT molecular complexity index is 609. The third-order valence-corrected chi connectivity index (χ3v) is 4.62. The minimum Gasteiger partial charge on any atom is -0.318 e. The van der Waals surface area contributed by atoms with Crippen LogP contribution in [0.3, 0.4) is 0 Å². The predicted octanol–water partition coefficient (Wildman–Crippen LogP) is 5.41. The average Bonchev–Trinajstić information content (AvgIpc) is 3.02. The second-order valence-corrected chi connectivity index (χ2v) is 7.24. The molecule has 0 unspecified atom stereocenters. The van der Waals surface area contributed by atoms with Gasteiger partial charge in [-0.2, -0.15) is 0 Å². The summed E-state index contributed by atoms with van der Waals surface area (Å²) >= 11 is 0. The summed E-state index contributed by atoms with van der Waals surface area (Å²) in [5.74, 6) is 3.25. The predicted molar refractivity (Wildman–Crippen MR) is 114 cm³/mol. The highest BCUT2D eigenvalue weighted by atomic mass is 16.7. The molecule has 0 bridgehead atoms. The van der Waals surface area contributed by atoms with Crippen LogP contribution in [0.15, 0.2) is 24.3 Å². The van der Waals surface area contributed by atoms with Gasteiger partial charge in [-0.05, 0) is 38.5 Å². The number of amides is 2. The molecule has 0 atom stereocenters. The van der Waals surface area contributed by atoms with Crippen molar-refractivity contribution in [2.45, 2.75) is 96.8 Å². The van der Waals surface area contributed by atoms with E-state index in [2.05, 4.69) is 47.9 Å². The summed E-state index contributed by atoms with van der Waals surface area (Å²) in [6.45, 7) is 2.23. The van der Waals surface area contributed by atoms with E-state index in [4.69, 9.17) is 0 Å². The molecule has 0 saturated carbocycles. The number of allylic oxidation sites excluding steroid dienone is 4. The summed E-state index contributed by atoms with van der Waals surface area (Å²) in [6.07, 6.45) is 22.7. The number of rotatable bonds is 14. The normalized spacial score (nSPS) is 14.0. The Balaban J connectivity index is 1.93. The molecule has 1 rings (SSSR count). The van der Waals surface area contributed by atoms with Crippen molar-refractivity contribution < 1.29 is 19.2 Å². The molecule has 0 radical (unpaired) electrons. The molecular weight excluding hydrogens is 366 g/mol. The molecular formula is C24H35NO4. The van der Waals surface area contributed by atoms with Gasteiger partial charge in [-0.25, -0.2) is 4.79 Å². The molecule has 5 heteroatoms. The van der Waals surface area contributed by atoms with Crippen LogP contribution in [0.5, 0.6) is 0 Å². The number of carbonyl (C=O) groups is 3. The Morgan fingerprint density at radius 1 is 0.897 bits per heavy atom. The van der Waals surface area contributed by atoms with Crippen molar-refractivity contribution in [1.29, 1.82) is 0 Å². The number of imide groups is 1. The lowest BCUT2D eigenvalue weighted by atomic mass is 10.1. The zero-order chi connectivity index (χ0) is 21.2. The maximum atomic E-state index is 11.5. The number of nitrogens with zero attached hydrogens (tertiary/aromatic N) is 1. The quantitative estimate of drug-likeness (QED) is 0.169. The Labute approximate surface area is 175 Å². The lowest BCUT2D eigenvalue weighted by Crippen LogP contribution is -2.31. The summed E-state index contributed by atoms with van der Waals surface area (Å²) in [5, 5.41) is 0.523. The van der Waals surface area contributed by atoms with Gasteiger partial charge in [0, 0.05) is 25.2 Å². The fourth-order valence-corrected chi connectivity index (χ4v) is 2.92. The number of carbonyl (C=O) groups excluding carboxylic acids is 3. The average molecular weight is 402 g/mol. The van der Waals surface area contributed by atoms with Gasteiger partial charge < -0.3 is 4.84 Å². The van der Waals surface area contributed by atoms with Gasteiger partial charge in [-0.1, -0.05) is 69.3 Å². The Morgan fingerprint density at radius 3 is 2.14 bits per heavy atom. The molecule has 2 amide bonds. The van der Waals surface area contributed by atoms with Crippen molar-refractivity contribution >= 4 is 17.8 Å². The van der Waals surface area contributed by atoms with Crippen molar-refractivity contribution in [1.82, 2.24) is 5.06 Å². The summed E-state index contributed by atoms with van der Waals surface area (Å²) in [5.41, 5.74) is 0. The van der Waals surface area contributed by atoms with Crippen LogP contribution in [-0.2, 0) is 19.2 Å². The molecule has 1 aliphatic rings. The molecule has 1 aliphatic heterocycles. The number of hydrogen-bond donors (Lipinski definition) is 0. The third-order valence-electron chi connectivity index (χ3n) is 4.62. The van der Waals surface area contributed by atoms with Crippen LogP contribution in [0.4, 0.5) is 0 Å². The number of hydroxylamine groups is 2. The fraction of sp³-hybridized carbons (Fsp3) is 0.625. The topological polar surface area (TPSA) is 63.7 Å². The summed E-state index contributed by atoms with van der Waals surface area (Å²) in [7, 11) is 0. The van der Waals surface area contributed by atoms with E-state index in [1.165, 1.54) is 38.5 Å². The summed E-state index contributed by atoms with van der Waals surface area (Å²) in [6, 6.07) is 0. The van der Waals surface area contributed by atoms with Crippen LogP contribution >= 0.6 is 0 Å². The molecule has 0 aliphatic carbocycles. The highest BCUT2D eigenvalue weighted by molar-refractivity contribution is 6.02. The van der Waals surface area contributed by atoms with E-state index in [1.54, 1.807) is 0 Å². The van der Waals surface area contributed by atoms with Gasteiger partial charge in [0.15, 0.2) is 0 Å². The van der Waals surface area contributed by atoms with Crippen LogP contribution < -0.4 is 0 Å². The second-order valence-electron chi connectivity index (χ2n) is 7.24. The second kappa shape index (κ2) is 16.6. The van der Waals surface area contributed by atoms with Crippen molar-refractivity contribution in [2.24, 2.45) is 0 Å². The SMILES string of the molecule is CCCCC/C=C\C/C=C\CCCCCCCC#CC(=O)ON1C(=O)CCC1=O. The van der Waals surface area contributed by atoms with Crippen LogP contribution in [0, 0.1) is 11.8 Å². The van der Waals surface area contributed by atoms with Gasteiger partial charge in [-0.3, -0.25) is 9.59 Å². The Kier molecular flexibility index (Phi) is 14.1. The van der Waals surface area contributed by atoms with E-state index >= 15 is 0 Å². The van der Waals surface area contributed by atoms with Crippen molar-refractivity contribution in [3.05, 3.63) is 24.3 Å². The molecule has 1 saturated heterocycles. The van der Waals surface area contributed by atoms with Gasteiger partial charge in [0.1, 0.15) is 0 Å². The smallest absolute Gasteiger partial charge is 0.318 e. The van der Waals surface area contributed by atoms with Crippen LogP contribution in [-0.4, -0.2) is 22.8 Å². The largest absolute Gasteiger partial charge is 0.409 e. The van der Waals surface area contributed by atoms with Gasteiger partial charge in [-0.15, -0.1) is 5.06 Å². The number of hydrogen-bond acceptors (Lipinski definition) is 4. The lowest BCUT2D eigenvalue weighted by molar-refractivity contribution is -0.193. The van der Waals surface area contributed by atoms with Crippen LogP contribution in [0.2, 0.25) is 0 Å². The van der Waals surface area contributed by atoms with E-state index < -0.39 is 17.8 Å². The molecule has 1 heterocycles. The van der Waals surface area contributed by atoms with Crippen molar-refractivity contribution in [3.8, 4) is 11.8 Å². The zero-order valence-corrected chi connectivity index (χ0v) is 17.8. The lowest BCUT2D eigenvalue weighted by Gasteiger charge is -2.09. The van der Waals surface area contributed by atoms with E-state index in [0.29, 0.717) is 11.5 Å². The maximum absolute atomic E-state index is 11.5. The molecule has 1 fully saturated rings. The van der Waals surface area contributed by atoms with Crippen LogP contribution in [0.25, 0.3) is 0 Å². The molecule has 0 aromatic rings. The highest BCUT2D eigenvalue weighted by Gasteiger charge is 2.32. The molecule has 5 nitrogen and oxygen atoms in total. The van der Waals surface area contributed by atoms with Gasteiger partial charge in [0.2, 0.25) is 0 Å². The van der Waals surface area contributed by atoms with E-state index in [0.717, 1.165) is 32.1 Å². The highest BCUT2D eigenvalue weighted by Crippen LogP contribution is 2.12. The first-order valence-corrected chi connectivity index (χ1v) is 11.0. The summed E-state index contributed by atoms with van der Waals surface area (Å²) < 4.78 is 0. The minimum atomic E-state index is -0.851. The van der Waals surface area contributed by atoms with Crippen molar-refractivity contribution in [2.75, 3.05) is 0 Å². The first-order chi connectivity index (χ1) is 14.1. The minimum absolute atomic E-state index is 0.0888. The third kappa shape index (κ3) is 12.7. The molecule has 29 heavy (non-hydrogen) atoms. The van der Waals surface area contributed by atoms with Crippen LogP contribution in [0.1, 0.15) is 96.8 Å². The van der Waals surface area contributed by atoms with E-state index in [1.807, 2.05) is 0 Å². The molecule has 0 N–H and O–H groups in total. The monoisotopic (exact) mass is 401 g/mol. The molecule has 0 spiro atoms. The standard InChI is InChI=1S/C24H35NO4/c1-2-3-4-5-6-7-8-9-10-11-12-13-14-15-16-17-18-19-24(28)29-25-22(26)20-21-23(25)27/h6-7,9-10H,2-5,8,11-17,20-21H2,1H3/b7-6-,10-9-.